The molecule has 4 nitrogen and oxygen atoms in total. The minimum absolute atomic E-state index is 0.0273. The van der Waals surface area contributed by atoms with E-state index in [1.807, 2.05) is 6.07 Å². The zero-order valence-electron chi connectivity index (χ0n) is 8.44. The first-order valence-corrected chi connectivity index (χ1v) is 4.88. The minimum Gasteiger partial charge on any atom is -0.508 e. The molecule has 0 spiro atoms. The van der Waals surface area contributed by atoms with Crippen molar-refractivity contribution in [2.45, 2.75) is 19.4 Å². The molecule has 0 aliphatic heterocycles. The van der Waals surface area contributed by atoms with Gasteiger partial charge in [0.2, 0.25) is 5.91 Å². The van der Waals surface area contributed by atoms with E-state index in [9.17, 15) is 9.90 Å². The highest BCUT2D eigenvalue weighted by molar-refractivity contribution is 5.75. The zero-order valence-corrected chi connectivity index (χ0v) is 8.44. The van der Waals surface area contributed by atoms with Crippen LogP contribution in [0.2, 0.25) is 0 Å². The Hall–Kier alpha value is -1.55. The van der Waals surface area contributed by atoms with Crippen LogP contribution in [0.3, 0.4) is 0 Å². The number of carbonyl (C=O) groups is 1. The van der Waals surface area contributed by atoms with Crippen LogP contribution in [0.25, 0.3) is 0 Å². The van der Waals surface area contributed by atoms with Crippen molar-refractivity contribution in [3.8, 4) is 5.75 Å². The minimum atomic E-state index is -0.0904. The first-order valence-electron chi connectivity index (χ1n) is 4.88. The summed E-state index contributed by atoms with van der Waals surface area (Å²) in [5, 5.41) is 20.4. The maximum atomic E-state index is 11.2. The van der Waals surface area contributed by atoms with Crippen molar-refractivity contribution >= 4 is 5.91 Å². The third-order valence-electron chi connectivity index (χ3n) is 1.96. The number of carbonyl (C=O) groups excluding carboxylic acids is 1. The van der Waals surface area contributed by atoms with Gasteiger partial charge in [0.1, 0.15) is 5.75 Å². The van der Waals surface area contributed by atoms with Crippen LogP contribution in [0.1, 0.15) is 18.4 Å². The Morgan fingerprint density at radius 2 is 2.20 bits per heavy atom. The molecule has 0 atom stereocenters. The van der Waals surface area contributed by atoms with Crippen LogP contribution in [0.4, 0.5) is 0 Å². The summed E-state index contributed by atoms with van der Waals surface area (Å²) in [7, 11) is 0. The van der Waals surface area contributed by atoms with Crippen molar-refractivity contribution in [3.63, 3.8) is 0 Å². The van der Waals surface area contributed by atoms with E-state index < -0.39 is 0 Å². The van der Waals surface area contributed by atoms with Gasteiger partial charge in [-0.1, -0.05) is 12.1 Å². The molecule has 3 N–H and O–H groups in total. The van der Waals surface area contributed by atoms with Gasteiger partial charge in [-0.05, 0) is 24.1 Å². The highest BCUT2D eigenvalue weighted by Gasteiger charge is 2.00. The molecule has 1 aromatic carbocycles. The summed E-state index contributed by atoms with van der Waals surface area (Å²) in [6.45, 7) is 0.429. The lowest BCUT2D eigenvalue weighted by Gasteiger charge is -2.04. The quantitative estimate of drug-likeness (QED) is 0.671. The van der Waals surface area contributed by atoms with Crippen LogP contribution < -0.4 is 5.32 Å². The number of hydrogen-bond acceptors (Lipinski definition) is 3. The van der Waals surface area contributed by atoms with E-state index in [4.69, 9.17) is 5.11 Å². The summed E-state index contributed by atoms with van der Waals surface area (Å²) in [4.78, 5) is 11.2. The molecule has 1 rings (SSSR count). The number of rotatable bonds is 5. The van der Waals surface area contributed by atoms with Gasteiger partial charge in [-0.2, -0.15) is 0 Å². The van der Waals surface area contributed by atoms with E-state index in [-0.39, 0.29) is 18.3 Å². The molecule has 0 saturated carbocycles. The summed E-state index contributed by atoms with van der Waals surface area (Å²) in [6, 6.07) is 6.74. The molecule has 0 aliphatic carbocycles. The lowest BCUT2D eigenvalue weighted by molar-refractivity contribution is -0.121. The normalized spacial score (nSPS) is 9.93. The molecule has 15 heavy (non-hydrogen) atoms. The van der Waals surface area contributed by atoms with E-state index >= 15 is 0 Å². The molecule has 0 saturated heterocycles. The van der Waals surface area contributed by atoms with Gasteiger partial charge in [0.25, 0.3) is 0 Å². The summed E-state index contributed by atoms with van der Waals surface area (Å²) >= 11 is 0. The Kier molecular flexibility index (Phi) is 4.63. The second-order valence-corrected chi connectivity index (χ2v) is 3.27. The molecule has 1 aromatic rings. The number of phenols is 1. The van der Waals surface area contributed by atoms with Crippen molar-refractivity contribution in [2.75, 3.05) is 6.61 Å². The molecule has 0 unspecified atom stereocenters. The van der Waals surface area contributed by atoms with Gasteiger partial charge in [0.15, 0.2) is 0 Å². The number of aromatic hydroxyl groups is 1. The van der Waals surface area contributed by atoms with Gasteiger partial charge in [-0.15, -0.1) is 0 Å². The predicted molar refractivity (Wildman–Crippen MR) is 56.3 cm³/mol. The van der Waals surface area contributed by atoms with E-state index in [2.05, 4.69) is 5.32 Å². The van der Waals surface area contributed by atoms with E-state index in [0.29, 0.717) is 19.4 Å². The molecule has 1 amide bonds. The molecular weight excluding hydrogens is 194 g/mol. The summed E-state index contributed by atoms with van der Waals surface area (Å²) in [6.07, 6.45) is 0.807. The molecule has 82 valence electrons. The maximum Gasteiger partial charge on any atom is 0.220 e. The average molecular weight is 209 g/mol. The van der Waals surface area contributed by atoms with Gasteiger partial charge in [0, 0.05) is 19.6 Å². The number of aliphatic hydroxyl groups is 1. The maximum absolute atomic E-state index is 11.2. The number of benzene rings is 1. The number of aliphatic hydroxyl groups excluding tert-OH is 1. The fraction of sp³-hybridized carbons (Fsp3) is 0.364. The Morgan fingerprint density at radius 1 is 1.40 bits per heavy atom. The molecule has 0 aromatic heterocycles. The first-order chi connectivity index (χ1) is 7.22. The zero-order chi connectivity index (χ0) is 11.1. The third-order valence-corrected chi connectivity index (χ3v) is 1.96. The fourth-order valence-corrected chi connectivity index (χ4v) is 1.20. The number of phenolic OH excluding ortho intramolecular Hbond substituents is 1. The van der Waals surface area contributed by atoms with Gasteiger partial charge >= 0.3 is 0 Å². The van der Waals surface area contributed by atoms with Crippen molar-refractivity contribution < 1.29 is 15.0 Å². The lowest BCUT2D eigenvalue weighted by atomic mass is 10.2. The molecule has 0 bridgehead atoms. The topological polar surface area (TPSA) is 69.6 Å². The second kappa shape index (κ2) is 6.03. The Balaban J connectivity index is 2.33. The predicted octanol–water partition coefficient (Wildman–Crippen LogP) is 0.781. The largest absolute Gasteiger partial charge is 0.508 e. The van der Waals surface area contributed by atoms with Crippen LogP contribution in [-0.4, -0.2) is 22.7 Å². The highest BCUT2D eigenvalue weighted by Crippen LogP contribution is 2.10. The Morgan fingerprint density at radius 3 is 2.87 bits per heavy atom. The van der Waals surface area contributed by atoms with E-state index in [0.717, 1.165) is 5.56 Å². The third kappa shape index (κ3) is 4.46. The Labute approximate surface area is 88.6 Å². The monoisotopic (exact) mass is 209 g/mol. The van der Waals surface area contributed by atoms with Gasteiger partial charge in [-0.3, -0.25) is 4.79 Å². The summed E-state index contributed by atoms with van der Waals surface area (Å²) < 4.78 is 0. The lowest BCUT2D eigenvalue weighted by Crippen LogP contribution is -2.22. The van der Waals surface area contributed by atoms with Crippen LogP contribution in [0.5, 0.6) is 5.75 Å². The van der Waals surface area contributed by atoms with Crippen LogP contribution in [-0.2, 0) is 11.3 Å². The van der Waals surface area contributed by atoms with Crippen LogP contribution in [0.15, 0.2) is 24.3 Å². The molecule has 0 heterocycles. The molecule has 0 aliphatic rings. The van der Waals surface area contributed by atoms with E-state index in [1.165, 1.54) is 0 Å². The van der Waals surface area contributed by atoms with Crippen LogP contribution >= 0.6 is 0 Å². The number of nitrogens with one attached hydrogen (secondary N) is 1. The van der Waals surface area contributed by atoms with E-state index in [1.54, 1.807) is 18.2 Å². The SMILES string of the molecule is O=C(CCCO)NCc1cccc(O)c1. The molecular formula is C11H15NO3. The van der Waals surface area contributed by atoms with Gasteiger partial charge in [-0.25, -0.2) is 0 Å². The standard InChI is InChI=1S/C11H15NO3/c13-6-2-5-11(15)12-8-9-3-1-4-10(14)7-9/h1,3-4,7,13-14H,2,5-6,8H2,(H,12,15). The van der Waals surface area contributed by atoms with Gasteiger partial charge < -0.3 is 15.5 Å². The second-order valence-electron chi connectivity index (χ2n) is 3.27. The van der Waals surface area contributed by atoms with Crippen molar-refractivity contribution in [1.29, 1.82) is 0 Å². The average Bonchev–Trinajstić information content (AvgIpc) is 2.23. The van der Waals surface area contributed by atoms with Crippen molar-refractivity contribution in [3.05, 3.63) is 29.8 Å². The molecule has 4 heteroatoms. The highest BCUT2D eigenvalue weighted by atomic mass is 16.3. The van der Waals surface area contributed by atoms with Crippen LogP contribution in [0, 0.1) is 0 Å². The molecule has 0 radical (unpaired) electrons. The summed E-state index contributed by atoms with van der Waals surface area (Å²) in [5.41, 5.74) is 0.854. The molecule has 0 fully saturated rings. The van der Waals surface area contributed by atoms with Gasteiger partial charge in [0.05, 0.1) is 0 Å². The number of amides is 1. The fourth-order valence-electron chi connectivity index (χ4n) is 1.20. The number of hydrogen-bond donors (Lipinski definition) is 3. The van der Waals surface area contributed by atoms with Crippen molar-refractivity contribution in [2.24, 2.45) is 0 Å². The Bertz CT molecular complexity index is 325. The smallest absolute Gasteiger partial charge is 0.220 e. The summed E-state index contributed by atoms with van der Waals surface area (Å²) in [5.74, 6) is 0.101. The first kappa shape index (κ1) is 11.5. The van der Waals surface area contributed by atoms with Crippen molar-refractivity contribution in [1.82, 2.24) is 5.32 Å².